The predicted molar refractivity (Wildman–Crippen MR) is 57.4 cm³/mol. The van der Waals surface area contributed by atoms with Crippen LogP contribution < -0.4 is 0 Å². The minimum Gasteiger partial charge on any atom is -0.226 e. The molecule has 0 N–H and O–H groups in total. The minimum atomic E-state index is -0.394. The second-order valence-corrected chi connectivity index (χ2v) is 3.61. The Morgan fingerprint density at radius 1 is 1.13 bits per heavy atom. The third kappa shape index (κ3) is 2.25. The van der Waals surface area contributed by atoms with E-state index in [0.717, 1.165) is 0 Å². The highest BCUT2D eigenvalue weighted by Crippen LogP contribution is 2.24. The predicted octanol–water partition coefficient (Wildman–Crippen LogP) is 3.59. The summed E-state index contributed by atoms with van der Waals surface area (Å²) in [7, 11) is 0. The van der Waals surface area contributed by atoms with Crippen molar-refractivity contribution in [1.82, 2.24) is 9.97 Å². The van der Waals surface area contributed by atoms with Crippen molar-refractivity contribution >= 4 is 23.2 Å². The molecular weight excluding hydrogens is 238 g/mol. The Hall–Kier alpha value is -1.19. The van der Waals surface area contributed by atoms with E-state index in [2.05, 4.69) is 9.97 Å². The third-order valence-corrected chi connectivity index (χ3v) is 2.25. The summed E-state index contributed by atoms with van der Waals surface area (Å²) >= 11 is 11.4. The van der Waals surface area contributed by atoms with Crippen molar-refractivity contribution in [1.29, 1.82) is 0 Å². The van der Waals surface area contributed by atoms with Crippen LogP contribution in [0, 0.1) is 5.82 Å². The maximum Gasteiger partial charge on any atom is 0.222 e. The molecule has 0 aliphatic heterocycles. The van der Waals surface area contributed by atoms with Crippen LogP contribution in [0.1, 0.15) is 0 Å². The molecule has 1 aromatic carbocycles. The highest BCUT2D eigenvalue weighted by Gasteiger charge is 2.07. The topological polar surface area (TPSA) is 25.8 Å². The first-order valence-corrected chi connectivity index (χ1v) is 4.86. The maximum atomic E-state index is 13.4. The molecule has 15 heavy (non-hydrogen) atoms. The lowest BCUT2D eigenvalue weighted by Crippen LogP contribution is -1.89. The fourth-order valence-corrected chi connectivity index (χ4v) is 1.50. The van der Waals surface area contributed by atoms with Gasteiger partial charge in [0.25, 0.3) is 0 Å². The fraction of sp³-hybridized carbons (Fsp3) is 0. The van der Waals surface area contributed by atoms with Gasteiger partial charge < -0.3 is 0 Å². The van der Waals surface area contributed by atoms with Crippen LogP contribution in [0.3, 0.4) is 0 Å². The van der Waals surface area contributed by atoms with Gasteiger partial charge in [-0.2, -0.15) is 0 Å². The summed E-state index contributed by atoms with van der Waals surface area (Å²) in [6.07, 6.45) is 1.46. The highest BCUT2D eigenvalue weighted by atomic mass is 35.5. The van der Waals surface area contributed by atoms with Gasteiger partial charge in [0.15, 0.2) is 0 Å². The SMILES string of the molecule is Fc1ccc(Cl)cc1-c1ccnc(Cl)n1. The lowest BCUT2D eigenvalue weighted by molar-refractivity contribution is 0.630. The van der Waals surface area contributed by atoms with Gasteiger partial charge in [-0.3, -0.25) is 0 Å². The van der Waals surface area contributed by atoms with E-state index in [-0.39, 0.29) is 5.28 Å². The zero-order chi connectivity index (χ0) is 10.8. The number of halogens is 3. The average molecular weight is 243 g/mol. The van der Waals surface area contributed by atoms with E-state index < -0.39 is 5.82 Å². The Bertz CT molecular complexity index is 503. The quantitative estimate of drug-likeness (QED) is 0.715. The molecule has 0 spiro atoms. The average Bonchev–Trinajstić information content (AvgIpc) is 2.22. The van der Waals surface area contributed by atoms with E-state index in [1.807, 2.05) is 0 Å². The lowest BCUT2D eigenvalue weighted by atomic mass is 10.1. The molecule has 0 fully saturated rings. The van der Waals surface area contributed by atoms with Crippen LogP contribution in [0.4, 0.5) is 4.39 Å². The van der Waals surface area contributed by atoms with Gasteiger partial charge in [-0.1, -0.05) is 11.6 Å². The summed E-state index contributed by atoms with van der Waals surface area (Å²) in [6.45, 7) is 0. The van der Waals surface area contributed by atoms with E-state index in [9.17, 15) is 4.39 Å². The van der Waals surface area contributed by atoms with Crippen molar-refractivity contribution in [3.63, 3.8) is 0 Å². The molecule has 0 radical (unpaired) electrons. The van der Waals surface area contributed by atoms with E-state index in [4.69, 9.17) is 23.2 Å². The molecule has 5 heteroatoms. The molecule has 2 rings (SSSR count). The number of hydrogen-bond donors (Lipinski definition) is 0. The number of benzene rings is 1. The van der Waals surface area contributed by atoms with Crippen molar-refractivity contribution < 1.29 is 4.39 Å². The summed E-state index contributed by atoms with van der Waals surface area (Å²) in [6, 6.07) is 5.83. The van der Waals surface area contributed by atoms with Gasteiger partial charge in [-0.25, -0.2) is 14.4 Å². The molecule has 0 aliphatic carbocycles. The van der Waals surface area contributed by atoms with Crippen LogP contribution in [0.25, 0.3) is 11.3 Å². The van der Waals surface area contributed by atoms with E-state index in [1.165, 1.54) is 24.4 Å². The maximum absolute atomic E-state index is 13.4. The summed E-state index contributed by atoms with van der Waals surface area (Å²) < 4.78 is 13.4. The number of aromatic nitrogens is 2. The minimum absolute atomic E-state index is 0.0758. The highest BCUT2D eigenvalue weighted by molar-refractivity contribution is 6.30. The van der Waals surface area contributed by atoms with Gasteiger partial charge >= 0.3 is 0 Å². The first-order valence-electron chi connectivity index (χ1n) is 4.11. The third-order valence-electron chi connectivity index (χ3n) is 1.83. The summed E-state index contributed by atoms with van der Waals surface area (Å²) in [4.78, 5) is 7.62. The van der Waals surface area contributed by atoms with Gasteiger partial charge in [-0.15, -0.1) is 0 Å². The Kier molecular flexibility index (Phi) is 2.84. The van der Waals surface area contributed by atoms with Crippen LogP contribution in [0.5, 0.6) is 0 Å². The standard InChI is InChI=1S/C10H5Cl2FN2/c11-6-1-2-8(13)7(5-6)9-3-4-14-10(12)15-9/h1-5H. The molecule has 0 saturated carbocycles. The van der Waals surface area contributed by atoms with Gasteiger partial charge in [0.05, 0.1) is 5.69 Å². The van der Waals surface area contributed by atoms with E-state index >= 15 is 0 Å². The first-order chi connectivity index (χ1) is 7.16. The zero-order valence-corrected chi connectivity index (χ0v) is 8.93. The number of rotatable bonds is 1. The molecule has 0 bridgehead atoms. The molecule has 1 aromatic heterocycles. The van der Waals surface area contributed by atoms with Crippen molar-refractivity contribution in [2.24, 2.45) is 0 Å². The van der Waals surface area contributed by atoms with Crippen LogP contribution >= 0.6 is 23.2 Å². The second-order valence-electron chi connectivity index (χ2n) is 2.84. The summed E-state index contributed by atoms with van der Waals surface area (Å²) in [5, 5.41) is 0.521. The van der Waals surface area contributed by atoms with Crippen LogP contribution in [0.15, 0.2) is 30.5 Å². The van der Waals surface area contributed by atoms with Crippen molar-refractivity contribution in [2.45, 2.75) is 0 Å². The Morgan fingerprint density at radius 3 is 2.67 bits per heavy atom. The fourth-order valence-electron chi connectivity index (χ4n) is 1.18. The molecular formula is C10H5Cl2FN2. The van der Waals surface area contributed by atoms with E-state index in [0.29, 0.717) is 16.3 Å². The monoisotopic (exact) mass is 242 g/mol. The molecule has 2 nitrogen and oxygen atoms in total. The van der Waals surface area contributed by atoms with Gasteiger partial charge in [0.1, 0.15) is 5.82 Å². The Morgan fingerprint density at radius 2 is 1.93 bits per heavy atom. The van der Waals surface area contributed by atoms with E-state index in [1.54, 1.807) is 6.07 Å². The van der Waals surface area contributed by atoms with Crippen molar-refractivity contribution in [3.8, 4) is 11.3 Å². The van der Waals surface area contributed by atoms with Crippen molar-refractivity contribution in [3.05, 3.63) is 46.6 Å². The molecule has 0 amide bonds. The smallest absolute Gasteiger partial charge is 0.222 e. The second kappa shape index (κ2) is 4.13. The van der Waals surface area contributed by atoms with Gasteiger partial charge in [-0.05, 0) is 35.9 Å². The lowest BCUT2D eigenvalue weighted by Gasteiger charge is -2.02. The zero-order valence-electron chi connectivity index (χ0n) is 7.42. The Labute approximate surface area is 95.7 Å². The normalized spacial score (nSPS) is 10.3. The number of hydrogen-bond acceptors (Lipinski definition) is 2. The molecule has 0 saturated heterocycles. The van der Waals surface area contributed by atoms with Crippen LogP contribution in [-0.2, 0) is 0 Å². The Balaban J connectivity index is 2.58. The van der Waals surface area contributed by atoms with Crippen molar-refractivity contribution in [2.75, 3.05) is 0 Å². The molecule has 76 valence electrons. The molecule has 1 heterocycles. The van der Waals surface area contributed by atoms with Gasteiger partial charge in [0, 0.05) is 16.8 Å². The largest absolute Gasteiger partial charge is 0.226 e. The van der Waals surface area contributed by atoms with Crippen LogP contribution in [0.2, 0.25) is 10.3 Å². The molecule has 0 aliphatic rings. The molecule has 2 aromatic rings. The first kappa shape index (κ1) is 10.3. The molecule has 0 unspecified atom stereocenters. The summed E-state index contributed by atoms with van der Waals surface area (Å²) in [5.74, 6) is -0.394. The van der Waals surface area contributed by atoms with Gasteiger partial charge in [0.2, 0.25) is 5.28 Å². The summed E-state index contributed by atoms with van der Waals surface area (Å²) in [5.41, 5.74) is 0.724. The number of nitrogens with zero attached hydrogens (tertiary/aromatic N) is 2. The molecule has 0 atom stereocenters. The van der Waals surface area contributed by atoms with Crippen LogP contribution in [-0.4, -0.2) is 9.97 Å².